The van der Waals surface area contributed by atoms with Crippen molar-refractivity contribution >= 4 is 11.5 Å². The van der Waals surface area contributed by atoms with Gasteiger partial charge in [0.2, 0.25) is 0 Å². The molecule has 0 spiro atoms. The maximum atomic E-state index is 12.6. The van der Waals surface area contributed by atoms with Crippen LogP contribution >= 0.6 is 0 Å². The first-order valence-corrected chi connectivity index (χ1v) is 8.21. The van der Waals surface area contributed by atoms with Crippen molar-refractivity contribution in [2.45, 2.75) is 32.7 Å². The third-order valence-corrected chi connectivity index (χ3v) is 4.46. The van der Waals surface area contributed by atoms with Gasteiger partial charge in [-0.2, -0.15) is 0 Å². The van der Waals surface area contributed by atoms with Crippen LogP contribution in [0.15, 0.2) is 12.3 Å². The van der Waals surface area contributed by atoms with Crippen LogP contribution in [0.2, 0.25) is 0 Å². The van der Waals surface area contributed by atoms with Gasteiger partial charge >= 0.3 is 0 Å². The first-order chi connectivity index (χ1) is 10.7. The molecule has 1 atom stereocenters. The largest absolute Gasteiger partial charge is 0.380 e. The number of carbonyl (C=O) groups excluding carboxylic acids is 1. The topological polar surface area (TPSA) is 55.3 Å². The highest BCUT2D eigenvalue weighted by Crippen LogP contribution is 2.38. The van der Waals surface area contributed by atoms with Crippen molar-refractivity contribution in [3.8, 4) is 0 Å². The van der Waals surface area contributed by atoms with Crippen LogP contribution in [-0.4, -0.2) is 43.3 Å². The summed E-state index contributed by atoms with van der Waals surface area (Å²) >= 11 is 0. The van der Waals surface area contributed by atoms with Gasteiger partial charge < -0.3 is 19.9 Å². The van der Waals surface area contributed by atoms with Crippen molar-refractivity contribution in [2.75, 3.05) is 32.8 Å². The fourth-order valence-corrected chi connectivity index (χ4v) is 3.37. The van der Waals surface area contributed by atoms with Crippen molar-refractivity contribution in [1.29, 1.82) is 0 Å². The molecule has 0 radical (unpaired) electrons. The maximum Gasteiger partial charge on any atom is 0.253 e. The molecule has 0 bridgehead atoms. The van der Waals surface area contributed by atoms with Crippen molar-refractivity contribution in [2.24, 2.45) is 0 Å². The van der Waals surface area contributed by atoms with E-state index >= 15 is 0 Å². The van der Waals surface area contributed by atoms with E-state index in [9.17, 15) is 4.79 Å². The van der Waals surface area contributed by atoms with E-state index in [1.54, 1.807) is 0 Å². The fraction of sp³-hybridized carbons (Fsp3) is 0.588. The lowest BCUT2D eigenvalue weighted by Crippen LogP contribution is -2.28. The number of rotatable bonds is 5. The molecule has 22 heavy (non-hydrogen) atoms. The zero-order valence-corrected chi connectivity index (χ0v) is 13.4. The minimum Gasteiger partial charge on any atom is -0.380 e. The number of hydrogen-bond donors (Lipinski definition) is 2. The summed E-state index contributed by atoms with van der Waals surface area (Å²) in [6.45, 7) is 8.73. The number of carbonyl (C=O) groups is 1. The molecule has 5 heteroatoms. The van der Waals surface area contributed by atoms with Gasteiger partial charge in [-0.3, -0.25) is 4.79 Å². The van der Waals surface area contributed by atoms with Gasteiger partial charge in [0, 0.05) is 44.7 Å². The van der Waals surface area contributed by atoms with E-state index in [1.807, 2.05) is 13.1 Å². The summed E-state index contributed by atoms with van der Waals surface area (Å²) in [5.74, 6) is 0.419. The van der Waals surface area contributed by atoms with Crippen LogP contribution in [0.4, 0.5) is 0 Å². The highest BCUT2D eigenvalue weighted by molar-refractivity contribution is 5.97. The molecule has 5 nitrogen and oxygen atoms in total. The highest BCUT2D eigenvalue weighted by atomic mass is 16.5. The van der Waals surface area contributed by atoms with E-state index in [0.717, 1.165) is 31.6 Å². The van der Waals surface area contributed by atoms with Gasteiger partial charge in [-0.1, -0.05) is 13.0 Å². The number of aromatic nitrogens is 1. The first kappa shape index (κ1) is 15.3. The van der Waals surface area contributed by atoms with Crippen LogP contribution < -0.4 is 10.6 Å². The Balaban J connectivity index is 1.86. The van der Waals surface area contributed by atoms with Crippen LogP contribution in [0.5, 0.6) is 0 Å². The average Bonchev–Trinajstić information content (AvgIpc) is 2.79. The van der Waals surface area contributed by atoms with Gasteiger partial charge in [0.1, 0.15) is 0 Å². The summed E-state index contributed by atoms with van der Waals surface area (Å²) in [6.07, 6.45) is 5.36. The second kappa shape index (κ2) is 6.67. The maximum absolute atomic E-state index is 12.6. The van der Waals surface area contributed by atoms with Crippen LogP contribution in [0.1, 0.15) is 47.8 Å². The molecule has 1 aromatic rings. The third kappa shape index (κ3) is 2.83. The molecule has 0 saturated carbocycles. The molecule has 2 heterocycles. The molecule has 1 aliphatic carbocycles. The number of allylic oxidation sites excluding steroid dienone is 1. The molecule has 120 valence electrons. The predicted molar refractivity (Wildman–Crippen MR) is 87.1 cm³/mol. The molecule has 1 aliphatic heterocycles. The van der Waals surface area contributed by atoms with Gasteiger partial charge in [-0.05, 0) is 30.4 Å². The van der Waals surface area contributed by atoms with Gasteiger partial charge in [0.25, 0.3) is 5.91 Å². The van der Waals surface area contributed by atoms with Crippen LogP contribution in [0, 0.1) is 0 Å². The average molecular weight is 303 g/mol. The summed E-state index contributed by atoms with van der Waals surface area (Å²) in [5.41, 5.74) is 4.65. The lowest BCUT2D eigenvalue weighted by molar-refractivity contribution is 0.0921. The van der Waals surface area contributed by atoms with Crippen LogP contribution in [0.25, 0.3) is 5.57 Å². The Morgan fingerprint density at radius 2 is 2.41 bits per heavy atom. The molecule has 3 rings (SSSR count). The molecule has 1 unspecified atom stereocenters. The molecule has 0 saturated heterocycles. The number of ether oxygens (including phenoxy) is 1. The Morgan fingerprint density at radius 1 is 1.55 bits per heavy atom. The summed E-state index contributed by atoms with van der Waals surface area (Å²) in [7, 11) is 0. The standard InChI is InChI=1S/C17H25N3O2/c1-3-22-9-7-19-17(21)14-11-20-8-6-18-10-13-5-4-12(2)15(14)16(13)20/h5,11-12,18H,3-4,6-10H2,1-2H3,(H,19,21). The van der Waals surface area contributed by atoms with Crippen LogP contribution in [-0.2, 0) is 11.3 Å². The number of amides is 1. The molecular formula is C17H25N3O2. The lowest BCUT2D eigenvalue weighted by atomic mass is 9.86. The molecular weight excluding hydrogens is 278 g/mol. The second-order valence-corrected chi connectivity index (χ2v) is 5.99. The first-order valence-electron chi connectivity index (χ1n) is 8.21. The van der Waals surface area contributed by atoms with E-state index in [4.69, 9.17) is 4.74 Å². The number of nitrogens with zero attached hydrogens (tertiary/aromatic N) is 1. The van der Waals surface area contributed by atoms with E-state index in [0.29, 0.717) is 25.7 Å². The van der Waals surface area contributed by atoms with Crippen molar-refractivity contribution < 1.29 is 9.53 Å². The Labute approximate surface area is 131 Å². The third-order valence-electron chi connectivity index (χ3n) is 4.46. The molecule has 1 aromatic heterocycles. The Kier molecular flexibility index (Phi) is 4.64. The molecule has 2 aliphatic rings. The zero-order chi connectivity index (χ0) is 15.5. The number of hydrogen-bond acceptors (Lipinski definition) is 3. The Hall–Kier alpha value is -1.59. The molecule has 1 amide bonds. The summed E-state index contributed by atoms with van der Waals surface area (Å²) in [5, 5.41) is 6.43. The Morgan fingerprint density at radius 3 is 3.23 bits per heavy atom. The summed E-state index contributed by atoms with van der Waals surface area (Å²) in [6, 6.07) is 0. The Bertz CT molecular complexity index is 589. The smallest absolute Gasteiger partial charge is 0.253 e. The molecule has 2 N–H and O–H groups in total. The SMILES string of the molecule is CCOCCNC(=O)c1cn2c3c1C(C)CC=C3CNCC2. The molecule has 0 aromatic carbocycles. The highest BCUT2D eigenvalue weighted by Gasteiger charge is 2.29. The fourth-order valence-electron chi connectivity index (χ4n) is 3.37. The van der Waals surface area contributed by atoms with Crippen molar-refractivity contribution in [3.05, 3.63) is 29.1 Å². The minimum atomic E-state index is 0.0244. The summed E-state index contributed by atoms with van der Waals surface area (Å²) in [4.78, 5) is 12.6. The minimum absolute atomic E-state index is 0.0244. The molecule has 0 fully saturated rings. The van der Waals surface area contributed by atoms with Gasteiger partial charge in [0.15, 0.2) is 0 Å². The normalized spacial score (nSPS) is 20.1. The quantitative estimate of drug-likeness (QED) is 0.815. The van der Waals surface area contributed by atoms with Gasteiger partial charge in [-0.15, -0.1) is 0 Å². The number of nitrogens with one attached hydrogen (secondary N) is 2. The van der Waals surface area contributed by atoms with E-state index < -0.39 is 0 Å². The van der Waals surface area contributed by atoms with Gasteiger partial charge in [-0.25, -0.2) is 0 Å². The predicted octanol–water partition coefficient (Wildman–Crippen LogP) is 1.75. The van der Waals surface area contributed by atoms with E-state index in [2.05, 4.69) is 28.2 Å². The van der Waals surface area contributed by atoms with Crippen LogP contribution in [0.3, 0.4) is 0 Å². The van der Waals surface area contributed by atoms with Gasteiger partial charge in [0.05, 0.1) is 12.2 Å². The zero-order valence-electron chi connectivity index (χ0n) is 13.4. The van der Waals surface area contributed by atoms with Crippen molar-refractivity contribution in [3.63, 3.8) is 0 Å². The van der Waals surface area contributed by atoms with E-state index in [1.165, 1.54) is 16.8 Å². The van der Waals surface area contributed by atoms with Crippen molar-refractivity contribution in [1.82, 2.24) is 15.2 Å². The second-order valence-electron chi connectivity index (χ2n) is 5.99. The summed E-state index contributed by atoms with van der Waals surface area (Å²) < 4.78 is 7.53. The monoisotopic (exact) mass is 303 g/mol. The van der Waals surface area contributed by atoms with E-state index in [-0.39, 0.29) is 5.91 Å². The lowest BCUT2D eigenvalue weighted by Gasteiger charge is -2.21.